The minimum Gasteiger partial charge on any atom is -0.258 e. The Morgan fingerprint density at radius 2 is 1.74 bits per heavy atom. The summed E-state index contributed by atoms with van der Waals surface area (Å²) in [6.45, 7) is 0. The lowest BCUT2D eigenvalue weighted by atomic mass is 10.2. The largest absolute Gasteiger partial charge is 0.269 e. The molecule has 94 valence electrons. The molecule has 0 saturated carbocycles. The van der Waals surface area contributed by atoms with Gasteiger partial charge in [-0.2, -0.15) is 5.26 Å². The first-order valence-corrected chi connectivity index (χ1v) is 6.54. The fourth-order valence-electron chi connectivity index (χ4n) is 1.51. The maximum absolute atomic E-state index is 10.5. The summed E-state index contributed by atoms with van der Waals surface area (Å²) in [7, 11) is 0. The standard InChI is InChI=1S/C14H10N2O2S/c15-9-11-1-3-12(4-2-11)10-19-14-7-5-13(6-8-14)16(17)18/h1-8H,10H2. The average molecular weight is 270 g/mol. The van der Waals surface area contributed by atoms with E-state index in [0.717, 1.165) is 16.2 Å². The van der Waals surface area contributed by atoms with Gasteiger partial charge in [0.15, 0.2) is 0 Å². The number of rotatable bonds is 4. The van der Waals surface area contributed by atoms with Gasteiger partial charge in [-0.25, -0.2) is 0 Å². The highest BCUT2D eigenvalue weighted by Gasteiger charge is 2.04. The first kappa shape index (κ1) is 13.1. The molecule has 2 aromatic carbocycles. The van der Waals surface area contributed by atoms with Crippen molar-refractivity contribution in [1.82, 2.24) is 0 Å². The zero-order valence-corrected chi connectivity index (χ0v) is 10.8. The fraction of sp³-hybridized carbons (Fsp3) is 0.0714. The Bertz CT molecular complexity index is 615. The minimum absolute atomic E-state index is 0.0997. The lowest BCUT2D eigenvalue weighted by Gasteiger charge is -2.02. The number of hydrogen-bond acceptors (Lipinski definition) is 4. The molecule has 0 heterocycles. The van der Waals surface area contributed by atoms with Gasteiger partial charge < -0.3 is 0 Å². The minimum atomic E-state index is -0.408. The van der Waals surface area contributed by atoms with Crippen molar-refractivity contribution in [3.8, 4) is 6.07 Å². The van der Waals surface area contributed by atoms with E-state index < -0.39 is 4.92 Å². The van der Waals surface area contributed by atoms with Crippen LogP contribution in [0.4, 0.5) is 5.69 Å². The molecule has 0 radical (unpaired) electrons. The summed E-state index contributed by atoms with van der Waals surface area (Å²) in [6.07, 6.45) is 0. The van der Waals surface area contributed by atoms with E-state index in [0.29, 0.717) is 5.56 Å². The molecule has 0 aliphatic rings. The lowest BCUT2D eigenvalue weighted by molar-refractivity contribution is -0.384. The van der Waals surface area contributed by atoms with Crippen LogP contribution in [0.1, 0.15) is 11.1 Å². The third-order valence-corrected chi connectivity index (χ3v) is 3.62. The Labute approximate surface area is 114 Å². The van der Waals surface area contributed by atoms with Gasteiger partial charge in [-0.15, -0.1) is 11.8 Å². The molecule has 0 aromatic heterocycles. The van der Waals surface area contributed by atoms with Gasteiger partial charge in [0.2, 0.25) is 0 Å². The Balaban J connectivity index is 1.98. The molecule has 19 heavy (non-hydrogen) atoms. The highest BCUT2D eigenvalue weighted by Crippen LogP contribution is 2.24. The van der Waals surface area contributed by atoms with Gasteiger partial charge in [0.05, 0.1) is 16.6 Å². The Hall–Kier alpha value is -2.32. The molecule has 0 amide bonds. The number of nitro groups is 1. The highest BCUT2D eigenvalue weighted by molar-refractivity contribution is 7.98. The summed E-state index contributed by atoms with van der Waals surface area (Å²) in [4.78, 5) is 11.1. The van der Waals surface area contributed by atoms with Crippen LogP contribution in [0.2, 0.25) is 0 Å². The number of hydrogen-bond donors (Lipinski definition) is 0. The molecule has 4 nitrogen and oxygen atoms in total. The second-order valence-corrected chi connectivity index (χ2v) is 4.90. The van der Waals surface area contributed by atoms with Crippen molar-refractivity contribution >= 4 is 17.4 Å². The molecule has 5 heteroatoms. The summed E-state index contributed by atoms with van der Waals surface area (Å²) >= 11 is 1.60. The average Bonchev–Trinajstić information content (AvgIpc) is 2.46. The summed E-state index contributed by atoms with van der Waals surface area (Å²) in [5, 5.41) is 19.2. The van der Waals surface area contributed by atoms with Crippen molar-refractivity contribution in [3.63, 3.8) is 0 Å². The van der Waals surface area contributed by atoms with Gasteiger partial charge in [0.1, 0.15) is 0 Å². The summed E-state index contributed by atoms with van der Waals surface area (Å²) in [6, 6.07) is 16.0. The van der Waals surface area contributed by atoms with E-state index in [1.54, 1.807) is 36.0 Å². The molecule has 0 atom stereocenters. The quantitative estimate of drug-likeness (QED) is 0.482. The third kappa shape index (κ3) is 3.57. The summed E-state index contributed by atoms with van der Waals surface area (Å²) in [5.41, 5.74) is 1.86. The van der Waals surface area contributed by atoms with Crippen molar-refractivity contribution in [2.45, 2.75) is 10.6 Å². The number of nitriles is 1. The second-order valence-electron chi connectivity index (χ2n) is 3.85. The summed E-state index contributed by atoms with van der Waals surface area (Å²) < 4.78 is 0. The Morgan fingerprint density at radius 1 is 1.11 bits per heavy atom. The molecule has 2 aromatic rings. The molecule has 0 fully saturated rings. The fourth-order valence-corrected chi connectivity index (χ4v) is 2.36. The van der Waals surface area contributed by atoms with Crippen LogP contribution >= 0.6 is 11.8 Å². The zero-order chi connectivity index (χ0) is 13.7. The van der Waals surface area contributed by atoms with E-state index in [9.17, 15) is 10.1 Å². The predicted octanol–water partition coefficient (Wildman–Crippen LogP) is 3.76. The molecule has 0 aliphatic carbocycles. The van der Waals surface area contributed by atoms with E-state index in [2.05, 4.69) is 6.07 Å². The summed E-state index contributed by atoms with van der Waals surface area (Å²) in [5.74, 6) is 0.767. The van der Waals surface area contributed by atoms with Crippen molar-refractivity contribution in [1.29, 1.82) is 5.26 Å². The van der Waals surface area contributed by atoms with Crippen LogP contribution in [0, 0.1) is 21.4 Å². The van der Waals surface area contributed by atoms with E-state index in [1.807, 2.05) is 12.1 Å². The second kappa shape index (κ2) is 6.03. The topological polar surface area (TPSA) is 66.9 Å². The van der Waals surface area contributed by atoms with Crippen LogP contribution in [-0.2, 0) is 5.75 Å². The molecule has 0 saturated heterocycles. The molecule has 0 bridgehead atoms. The normalized spacial score (nSPS) is 9.84. The zero-order valence-electron chi connectivity index (χ0n) is 9.95. The van der Waals surface area contributed by atoms with Gasteiger partial charge in [-0.1, -0.05) is 12.1 Å². The SMILES string of the molecule is N#Cc1ccc(CSc2ccc([N+](=O)[O-])cc2)cc1. The van der Waals surface area contributed by atoms with Crippen molar-refractivity contribution in [3.05, 3.63) is 69.8 Å². The van der Waals surface area contributed by atoms with Crippen LogP contribution in [0.25, 0.3) is 0 Å². The van der Waals surface area contributed by atoms with Crippen LogP contribution in [-0.4, -0.2) is 4.92 Å². The molecule has 2 rings (SSSR count). The van der Waals surface area contributed by atoms with E-state index in [-0.39, 0.29) is 5.69 Å². The number of benzene rings is 2. The number of nitro benzene ring substituents is 1. The number of non-ortho nitro benzene ring substituents is 1. The van der Waals surface area contributed by atoms with Gasteiger partial charge in [0.25, 0.3) is 5.69 Å². The molecule has 0 unspecified atom stereocenters. The third-order valence-electron chi connectivity index (χ3n) is 2.54. The van der Waals surface area contributed by atoms with Gasteiger partial charge >= 0.3 is 0 Å². The molecular formula is C14H10N2O2S. The van der Waals surface area contributed by atoms with Crippen molar-refractivity contribution in [2.75, 3.05) is 0 Å². The molecule has 0 N–H and O–H groups in total. The van der Waals surface area contributed by atoms with E-state index >= 15 is 0 Å². The first-order chi connectivity index (χ1) is 9.19. The highest BCUT2D eigenvalue weighted by atomic mass is 32.2. The van der Waals surface area contributed by atoms with E-state index in [1.165, 1.54) is 12.1 Å². The first-order valence-electron chi connectivity index (χ1n) is 5.55. The lowest BCUT2D eigenvalue weighted by Crippen LogP contribution is -1.87. The Kier molecular flexibility index (Phi) is 4.16. The van der Waals surface area contributed by atoms with Crippen LogP contribution in [0.15, 0.2) is 53.4 Å². The molecular weight excluding hydrogens is 260 g/mol. The van der Waals surface area contributed by atoms with Gasteiger partial charge in [0, 0.05) is 22.8 Å². The molecule has 0 spiro atoms. The number of thioether (sulfide) groups is 1. The van der Waals surface area contributed by atoms with Crippen molar-refractivity contribution < 1.29 is 4.92 Å². The van der Waals surface area contributed by atoms with E-state index in [4.69, 9.17) is 5.26 Å². The maximum atomic E-state index is 10.5. The monoisotopic (exact) mass is 270 g/mol. The van der Waals surface area contributed by atoms with Crippen LogP contribution in [0.5, 0.6) is 0 Å². The van der Waals surface area contributed by atoms with Crippen molar-refractivity contribution in [2.24, 2.45) is 0 Å². The van der Waals surface area contributed by atoms with Crippen LogP contribution < -0.4 is 0 Å². The smallest absolute Gasteiger partial charge is 0.258 e. The van der Waals surface area contributed by atoms with Gasteiger partial charge in [-0.3, -0.25) is 10.1 Å². The van der Waals surface area contributed by atoms with Gasteiger partial charge in [-0.05, 0) is 29.8 Å². The number of nitrogens with zero attached hydrogens (tertiary/aromatic N) is 2. The van der Waals surface area contributed by atoms with Crippen LogP contribution in [0.3, 0.4) is 0 Å². The Morgan fingerprint density at radius 3 is 2.26 bits per heavy atom. The molecule has 0 aliphatic heterocycles. The predicted molar refractivity (Wildman–Crippen MR) is 73.8 cm³/mol. The maximum Gasteiger partial charge on any atom is 0.269 e.